The molecule has 0 amide bonds. The second kappa shape index (κ2) is 5.35. The summed E-state index contributed by atoms with van der Waals surface area (Å²) in [6.07, 6.45) is 1.77. The summed E-state index contributed by atoms with van der Waals surface area (Å²) >= 11 is 1.34. The maximum atomic E-state index is 10.9. The number of nitrogen functional groups attached to an aromatic ring is 2. The quantitative estimate of drug-likeness (QED) is 0.442. The maximum absolute atomic E-state index is 10.9. The topological polar surface area (TPSA) is 112 Å². The second-order valence-electron chi connectivity index (χ2n) is 3.33. The van der Waals surface area contributed by atoms with E-state index in [-0.39, 0.29) is 5.75 Å². The Bertz CT molecular complexity index is 441. The average molecular weight is 262 g/mol. The van der Waals surface area contributed by atoms with E-state index in [1.807, 2.05) is 0 Å². The van der Waals surface area contributed by atoms with Crippen LogP contribution in [0.1, 0.15) is 6.42 Å². The van der Waals surface area contributed by atoms with Gasteiger partial charge in [-0.3, -0.25) is 0 Å². The van der Waals surface area contributed by atoms with Crippen molar-refractivity contribution in [3.05, 3.63) is 6.07 Å². The van der Waals surface area contributed by atoms with Crippen LogP contribution in [0.3, 0.4) is 0 Å². The zero-order valence-corrected chi connectivity index (χ0v) is 10.5. The molecular formula is C8H14N4O2S2. The first-order chi connectivity index (χ1) is 7.37. The van der Waals surface area contributed by atoms with Gasteiger partial charge in [-0.15, -0.1) is 0 Å². The van der Waals surface area contributed by atoms with Crippen LogP contribution in [0, 0.1) is 0 Å². The molecule has 1 rings (SSSR count). The Morgan fingerprint density at radius 3 is 2.38 bits per heavy atom. The molecule has 0 spiro atoms. The molecule has 0 unspecified atom stereocenters. The molecule has 16 heavy (non-hydrogen) atoms. The number of aromatic nitrogens is 2. The van der Waals surface area contributed by atoms with E-state index < -0.39 is 9.84 Å². The van der Waals surface area contributed by atoms with Gasteiger partial charge in [-0.1, -0.05) is 11.8 Å². The predicted molar refractivity (Wildman–Crippen MR) is 65.9 cm³/mol. The molecule has 1 aromatic rings. The summed E-state index contributed by atoms with van der Waals surface area (Å²) in [5.74, 6) is 1.42. The fourth-order valence-electron chi connectivity index (χ4n) is 1.01. The Hall–Kier alpha value is -1.02. The summed E-state index contributed by atoms with van der Waals surface area (Å²) in [7, 11) is -2.90. The molecule has 0 fully saturated rings. The molecular weight excluding hydrogens is 248 g/mol. The molecule has 90 valence electrons. The first kappa shape index (κ1) is 13.0. The Balaban J connectivity index is 2.43. The van der Waals surface area contributed by atoms with Crippen molar-refractivity contribution in [2.24, 2.45) is 0 Å². The van der Waals surface area contributed by atoms with Crippen molar-refractivity contribution >= 4 is 33.2 Å². The van der Waals surface area contributed by atoms with Crippen LogP contribution in [-0.2, 0) is 9.84 Å². The number of nitrogens with zero attached hydrogens (tertiary/aromatic N) is 2. The van der Waals surface area contributed by atoms with Gasteiger partial charge in [0.05, 0.1) is 5.75 Å². The summed E-state index contributed by atoms with van der Waals surface area (Å²) in [4.78, 5) is 7.94. The minimum absolute atomic E-state index is 0.164. The minimum atomic E-state index is -2.90. The molecule has 0 aliphatic rings. The fourth-order valence-corrected chi connectivity index (χ4v) is 2.67. The van der Waals surface area contributed by atoms with Gasteiger partial charge in [0.15, 0.2) is 5.16 Å². The van der Waals surface area contributed by atoms with Gasteiger partial charge in [0, 0.05) is 18.1 Å². The summed E-state index contributed by atoms with van der Waals surface area (Å²) in [6, 6.07) is 1.47. The number of hydrogen-bond acceptors (Lipinski definition) is 7. The van der Waals surface area contributed by atoms with Gasteiger partial charge < -0.3 is 11.5 Å². The molecule has 6 nitrogen and oxygen atoms in total. The minimum Gasteiger partial charge on any atom is -0.383 e. The predicted octanol–water partition coefficient (Wildman–Crippen LogP) is 0.168. The Labute approximate surface area is 98.8 Å². The van der Waals surface area contributed by atoms with Crippen LogP contribution in [0.25, 0.3) is 0 Å². The number of hydrogen-bond donors (Lipinski definition) is 2. The lowest BCUT2D eigenvalue weighted by Crippen LogP contribution is -2.04. The van der Waals surface area contributed by atoms with Crippen LogP contribution >= 0.6 is 11.8 Å². The van der Waals surface area contributed by atoms with Gasteiger partial charge in [0.1, 0.15) is 21.5 Å². The molecule has 1 aromatic heterocycles. The molecule has 0 aromatic carbocycles. The van der Waals surface area contributed by atoms with E-state index in [0.29, 0.717) is 29.0 Å². The molecule has 0 bridgehead atoms. The van der Waals surface area contributed by atoms with Gasteiger partial charge in [0.2, 0.25) is 0 Å². The largest absolute Gasteiger partial charge is 0.383 e. The lowest BCUT2D eigenvalue weighted by molar-refractivity contribution is 0.600. The zero-order chi connectivity index (χ0) is 12.2. The van der Waals surface area contributed by atoms with Crippen LogP contribution in [0.5, 0.6) is 0 Å². The second-order valence-corrected chi connectivity index (χ2v) is 6.65. The lowest BCUT2D eigenvalue weighted by atomic mass is 10.5. The highest BCUT2D eigenvalue weighted by atomic mass is 32.2. The third-order valence-corrected chi connectivity index (χ3v) is 3.60. The maximum Gasteiger partial charge on any atom is 0.191 e. The highest BCUT2D eigenvalue weighted by Gasteiger charge is 2.04. The van der Waals surface area contributed by atoms with Gasteiger partial charge in [-0.25, -0.2) is 18.4 Å². The van der Waals surface area contributed by atoms with E-state index in [9.17, 15) is 8.42 Å². The zero-order valence-electron chi connectivity index (χ0n) is 8.88. The molecule has 0 atom stereocenters. The molecule has 1 heterocycles. The Morgan fingerprint density at radius 2 is 1.88 bits per heavy atom. The highest BCUT2D eigenvalue weighted by molar-refractivity contribution is 7.99. The third kappa shape index (κ3) is 5.17. The number of rotatable bonds is 5. The monoisotopic (exact) mass is 262 g/mol. The number of sulfone groups is 1. The summed E-state index contributed by atoms with van der Waals surface area (Å²) in [5.41, 5.74) is 11.0. The highest BCUT2D eigenvalue weighted by Crippen LogP contribution is 2.17. The number of nitrogens with two attached hydrogens (primary N) is 2. The molecule has 8 heteroatoms. The summed E-state index contributed by atoms with van der Waals surface area (Å²) in [5, 5.41) is 0.478. The van der Waals surface area contributed by atoms with E-state index in [4.69, 9.17) is 11.5 Å². The van der Waals surface area contributed by atoms with Crippen molar-refractivity contribution in [2.45, 2.75) is 11.6 Å². The summed E-state index contributed by atoms with van der Waals surface area (Å²) in [6.45, 7) is 0. The van der Waals surface area contributed by atoms with Crippen molar-refractivity contribution in [3.63, 3.8) is 0 Å². The molecule has 0 aliphatic carbocycles. The van der Waals surface area contributed by atoms with Crippen molar-refractivity contribution < 1.29 is 8.42 Å². The van der Waals surface area contributed by atoms with Crippen LogP contribution in [0.15, 0.2) is 11.2 Å². The molecule has 0 aliphatic heterocycles. The smallest absolute Gasteiger partial charge is 0.191 e. The van der Waals surface area contributed by atoms with Crippen molar-refractivity contribution in [3.8, 4) is 0 Å². The summed E-state index contributed by atoms with van der Waals surface area (Å²) < 4.78 is 21.7. The van der Waals surface area contributed by atoms with E-state index >= 15 is 0 Å². The average Bonchev–Trinajstić information content (AvgIpc) is 2.09. The standard InChI is InChI=1S/C8H14N4O2S2/c1-16(13,14)4-2-3-15-8-11-6(9)5-7(10)12-8/h5H,2-4H2,1H3,(H4,9,10,11,12). The fraction of sp³-hybridized carbons (Fsp3) is 0.500. The SMILES string of the molecule is CS(=O)(=O)CCCSc1nc(N)cc(N)n1. The van der Waals surface area contributed by atoms with Crippen LogP contribution in [0.2, 0.25) is 0 Å². The normalized spacial score (nSPS) is 11.6. The number of thioether (sulfide) groups is 1. The molecule has 0 saturated carbocycles. The van der Waals surface area contributed by atoms with Crippen LogP contribution in [-0.4, -0.2) is 36.1 Å². The van der Waals surface area contributed by atoms with E-state index in [1.54, 1.807) is 0 Å². The van der Waals surface area contributed by atoms with Crippen molar-refractivity contribution in [1.82, 2.24) is 9.97 Å². The van der Waals surface area contributed by atoms with Crippen molar-refractivity contribution in [2.75, 3.05) is 29.2 Å². The lowest BCUT2D eigenvalue weighted by Gasteiger charge is -2.02. The first-order valence-corrected chi connectivity index (χ1v) is 7.62. The van der Waals surface area contributed by atoms with E-state index in [1.165, 1.54) is 24.1 Å². The van der Waals surface area contributed by atoms with Gasteiger partial charge in [0.25, 0.3) is 0 Å². The first-order valence-electron chi connectivity index (χ1n) is 4.57. The number of anilines is 2. The molecule has 0 saturated heterocycles. The molecule has 4 N–H and O–H groups in total. The molecule has 0 radical (unpaired) electrons. The third-order valence-electron chi connectivity index (χ3n) is 1.64. The van der Waals surface area contributed by atoms with E-state index in [0.717, 1.165) is 0 Å². The van der Waals surface area contributed by atoms with Crippen LogP contribution in [0.4, 0.5) is 11.6 Å². The Morgan fingerprint density at radius 1 is 1.31 bits per heavy atom. The van der Waals surface area contributed by atoms with Crippen LogP contribution < -0.4 is 11.5 Å². The van der Waals surface area contributed by atoms with Crippen molar-refractivity contribution in [1.29, 1.82) is 0 Å². The van der Waals surface area contributed by atoms with E-state index in [2.05, 4.69) is 9.97 Å². The Kier molecular flexibility index (Phi) is 4.36. The van der Waals surface area contributed by atoms with Gasteiger partial charge >= 0.3 is 0 Å². The van der Waals surface area contributed by atoms with Gasteiger partial charge in [-0.05, 0) is 6.42 Å². The van der Waals surface area contributed by atoms with Gasteiger partial charge in [-0.2, -0.15) is 0 Å².